The van der Waals surface area contributed by atoms with E-state index in [-0.39, 0.29) is 5.54 Å². The van der Waals surface area contributed by atoms with Gasteiger partial charge in [0.25, 0.3) is 0 Å². The standard InChI is InChI=1S/C28H34N2O3/c1-32-26-10-5-2-7-21(26)18-29-19-22-17-25(30-16-6-15-28(22,30)27(29)31)20-11-13-24(14-12-20)33-23-8-3-4-9-23/h2,5,7,10-14,22-23,25H,3-4,6,8-9,15-19H2,1H3/t22-,25-,28-/m0/s1. The third-order valence-corrected chi connectivity index (χ3v) is 8.55. The molecule has 1 aliphatic carbocycles. The molecule has 3 aliphatic heterocycles. The van der Waals surface area contributed by atoms with Crippen molar-refractivity contribution in [2.75, 3.05) is 20.2 Å². The van der Waals surface area contributed by atoms with E-state index in [2.05, 4.69) is 40.1 Å². The molecule has 0 bridgehead atoms. The van der Waals surface area contributed by atoms with Crippen LogP contribution in [-0.4, -0.2) is 47.5 Å². The molecule has 0 radical (unpaired) electrons. The van der Waals surface area contributed by atoms with Crippen molar-refractivity contribution in [2.45, 2.75) is 69.2 Å². The maximum absolute atomic E-state index is 13.8. The molecule has 5 nitrogen and oxygen atoms in total. The van der Waals surface area contributed by atoms with E-state index in [4.69, 9.17) is 9.47 Å². The molecule has 33 heavy (non-hydrogen) atoms. The number of methoxy groups -OCH3 is 1. The van der Waals surface area contributed by atoms with E-state index in [9.17, 15) is 4.79 Å². The molecule has 6 rings (SSSR count). The minimum atomic E-state index is -0.314. The number of benzene rings is 2. The summed E-state index contributed by atoms with van der Waals surface area (Å²) >= 11 is 0. The van der Waals surface area contributed by atoms with E-state index in [1.807, 2.05) is 18.2 Å². The van der Waals surface area contributed by atoms with Crippen molar-refractivity contribution in [3.05, 3.63) is 59.7 Å². The second kappa shape index (κ2) is 8.35. The fraction of sp³-hybridized carbons (Fsp3) is 0.536. The molecule has 0 N–H and O–H groups in total. The highest BCUT2D eigenvalue weighted by atomic mass is 16.5. The third kappa shape index (κ3) is 3.43. The van der Waals surface area contributed by atoms with Gasteiger partial charge in [-0.1, -0.05) is 30.3 Å². The number of rotatable bonds is 6. The van der Waals surface area contributed by atoms with E-state index in [0.29, 0.717) is 30.5 Å². The zero-order valence-electron chi connectivity index (χ0n) is 19.5. The average Bonchev–Trinajstić information content (AvgIpc) is 3.60. The van der Waals surface area contributed by atoms with Crippen LogP contribution in [0.3, 0.4) is 0 Å². The highest BCUT2D eigenvalue weighted by Gasteiger charge is 2.65. The Morgan fingerprint density at radius 2 is 1.82 bits per heavy atom. The molecule has 2 aromatic carbocycles. The lowest BCUT2D eigenvalue weighted by atomic mass is 9.85. The molecule has 5 heteroatoms. The summed E-state index contributed by atoms with van der Waals surface area (Å²) in [5.74, 6) is 2.56. The Balaban J connectivity index is 1.20. The number of nitrogens with zero attached hydrogens (tertiary/aromatic N) is 2. The summed E-state index contributed by atoms with van der Waals surface area (Å²) in [6.07, 6.45) is 8.44. The first-order chi connectivity index (χ1) is 16.2. The molecule has 2 aromatic rings. The lowest BCUT2D eigenvalue weighted by Gasteiger charge is -2.33. The van der Waals surface area contributed by atoms with Gasteiger partial charge in [0.1, 0.15) is 17.0 Å². The number of likely N-dealkylation sites (tertiary alicyclic amines) is 1. The monoisotopic (exact) mass is 446 g/mol. The predicted molar refractivity (Wildman–Crippen MR) is 127 cm³/mol. The highest BCUT2D eigenvalue weighted by Crippen LogP contribution is 2.56. The SMILES string of the molecule is COc1ccccc1CN1C[C@@H]2C[C@@H](c3ccc(OC4CCCC4)cc3)N3CCC[C@@]23C1=O. The zero-order valence-corrected chi connectivity index (χ0v) is 19.5. The average molecular weight is 447 g/mol. The van der Waals surface area contributed by atoms with Gasteiger partial charge >= 0.3 is 0 Å². The van der Waals surface area contributed by atoms with Gasteiger partial charge in [-0.2, -0.15) is 0 Å². The maximum Gasteiger partial charge on any atom is 0.243 e. The molecule has 0 aromatic heterocycles. The van der Waals surface area contributed by atoms with Crippen LogP contribution in [-0.2, 0) is 11.3 Å². The number of para-hydroxylation sites is 1. The normalized spacial score (nSPS) is 29.5. The number of carbonyl (C=O) groups is 1. The summed E-state index contributed by atoms with van der Waals surface area (Å²) in [6, 6.07) is 17.1. The van der Waals surface area contributed by atoms with Gasteiger partial charge < -0.3 is 14.4 Å². The lowest BCUT2D eigenvalue weighted by Crippen LogP contribution is -2.49. The van der Waals surface area contributed by atoms with Crippen LogP contribution in [0.15, 0.2) is 48.5 Å². The molecule has 0 unspecified atom stereocenters. The quantitative estimate of drug-likeness (QED) is 0.629. The van der Waals surface area contributed by atoms with Crippen LogP contribution >= 0.6 is 0 Å². The Morgan fingerprint density at radius 3 is 2.61 bits per heavy atom. The Bertz CT molecular complexity index is 1020. The van der Waals surface area contributed by atoms with Crippen LogP contribution in [0.4, 0.5) is 0 Å². The number of amides is 1. The van der Waals surface area contributed by atoms with Crippen molar-refractivity contribution in [3.63, 3.8) is 0 Å². The van der Waals surface area contributed by atoms with Crippen LogP contribution in [0.5, 0.6) is 11.5 Å². The second-order valence-corrected chi connectivity index (χ2v) is 10.3. The van der Waals surface area contributed by atoms with E-state index in [1.165, 1.54) is 31.2 Å². The molecule has 1 saturated carbocycles. The Morgan fingerprint density at radius 1 is 1.03 bits per heavy atom. The minimum absolute atomic E-state index is 0.314. The molecule has 4 aliphatic rings. The molecular weight excluding hydrogens is 412 g/mol. The van der Waals surface area contributed by atoms with Crippen LogP contribution in [0.25, 0.3) is 0 Å². The smallest absolute Gasteiger partial charge is 0.243 e. The van der Waals surface area contributed by atoms with E-state index in [0.717, 1.165) is 49.4 Å². The van der Waals surface area contributed by atoms with Crippen molar-refractivity contribution in [3.8, 4) is 11.5 Å². The number of carbonyl (C=O) groups excluding carboxylic acids is 1. The van der Waals surface area contributed by atoms with Gasteiger partial charge in [-0.15, -0.1) is 0 Å². The third-order valence-electron chi connectivity index (χ3n) is 8.55. The predicted octanol–water partition coefficient (Wildman–Crippen LogP) is 4.95. The van der Waals surface area contributed by atoms with Crippen LogP contribution in [0.1, 0.15) is 62.1 Å². The second-order valence-electron chi connectivity index (χ2n) is 10.3. The topological polar surface area (TPSA) is 42.0 Å². The molecule has 4 fully saturated rings. The summed E-state index contributed by atoms with van der Waals surface area (Å²) < 4.78 is 11.7. The Hall–Kier alpha value is -2.53. The van der Waals surface area contributed by atoms with Gasteiger partial charge in [0.2, 0.25) is 5.91 Å². The molecule has 1 amide bonds. The number of ether oxygens (including phenoxy) is 2. The summed E-state index contributed by atoms with van der Waals surface area (Å²) in [7, 11) is 1.70. The number of hydrogen-bond donors (Lipinski definition) is 0. The van der Waals surface area contributed by atoms with E-state index < -0.39 is 0 Å². The van der Waals surface area contributed by atoms with Gasteiger partial charge in [0, 0.05) is 30.6 Å². The summed E-state index contributed by atoms with van der Waals surface area (Å²) in [6.45, 7) is 2.48. The Labute approximate surface area is 196 Å². The van der Waals surface area contributed by atoms with Gasteiger partial charge in [-0.05, 0) is 75.3 Å². The molecule has 174 valence electrons. The summed E-state index contributed by atoms with van der Waals surface area (Å²) in [5.41, 5.74) is 2.10. The van der Waals surface area contributed by atoms with Gasteiger partial charge in [-0.25, -0.2) is 0 Å². The molecular formula is C28H34N2O3. The Kier molecular flexibility index (Phi) is 5.33. The van der Waals surface area contributed by atoms with Gasteiger partial charge in [0.15, 0.2) is 0 Å². The largest absolute Gasteiger partial charge is 0.496 e. The summed E-state index contributed by atoms with van der Waals surface area (Å²) in [5, 5.41) is 0. The molecule has 3 heterocycles. The van der Waals surface area contributed by atoms with Crippen LogP contribution in [0, 0.1) is 5.92 Å². The number of hydrogen-bond acceptors (Lipinski definition) is 4. The lowest BCUT2D eigenvalue weighted by molar-refractivity contribution is -0.137. The first kappa shape index (κ1) is 21.0. The van der Waals surface area contributed by atoms with Gasteiger partial charge in [0.05, 0.1) is 13.2 Å². The van der Waals surface area contributed by atoms with Crippen LogP contribution in [0.2, 0.25) is 0 Å². The van der Waals surface area contributed by atoms with E-state index in [1.54, 1.807) is 7.11 Å². The first-order valence-corrected chi connectivity index (χ1v) is 12.6. The van der Waals surface area contributed by atoms with Crippen molar-refractivity contribution >= 4 is 5.91 Å². The van der Waals surface area contributed by atoms with E-state index >= 15 is 0 Å². The minimum Gasteiger partial charge on any atom is -0.496 e. The molecule has 1 spiro atoms. The van der Waals surface area contributed by atoms with Crippen molar-refractivity contribution in [1.82, 2.24) is 9.80 Å². The van der Waals surface area contributed by atoms with Crippen molar-refractivity contribution in [2.24, 2.45) is 5.92 Å². The fourth-order valence-corrected chi connectivity index (χ4v) is 7.04. The highest BCUT2D eigenvalue weighted by molar-refractivity contribution is 5.90. The van der Waals surface area contributed by atoms with Crippen LogP contribution < -0.4 is 9.47 Å². The summed E-state index contributed by atoms with van der Waals surface area (Å²) in [4.78, 5) is 18.5. The molecule has 3 saturated heterocycles. The maximum atomic E-state index is 13.8. The van der Waals surface area contributed by atoms with Gasteiger partial charge in [-0.3, -0.25) is 9.69 Å². The van der Waals surface area contributed by atoms with Crippen molar-refractivity contribution < 1.29 is 14.3 Å². The first-order valence-electron chi connectivity index (χ1n) is 12.6. The molecule has 3 atom stereocenters. The zero-order chi connectivity index (χ0) is 22.4. The fourth-order valence-electron chi connectivity index (χ4n) is 7.04. The van der Waals surface area contributed by atoms with Crippen molar-refractivity contribution in [1.29, 1.82) is 0 Å².